The first-order valence-electron chi connectivity index (χ1n) is 6.11. The molecule has 0 saturated carbocycles. The van der Waals surface area contributed by atoms with Gasteiger partial charge in [-0.05, 0) is 48.9 Å². The van der Waals surface area contributed by atoms with Gasteiger partial charge >= 0.3 is 0 Å². The van der Waals surface area contributed by atoms with Crippen LogP contribution < -0.4 is 0 Å². The average molecular weight is 269 g/mol. The van der Waals surface area contributed by atoms with Crippen LogP contribution in [0.1, 0.15) is 5.69 Å². The second-order valence-electron chi connectivity index (χ2n) is 4.39. The number of hydrogen-bond donors (Lipinski definition) is 0. The summed E-state index contributed by atoms with van der Waals surface area (Å²) in [5.74, 6) is 0.926. The van der Waals surface area contributed by atoms with Crippen molar-refractivity contribution in [1.29, 1.82) is 0 Å². The molecule has 0 bridgehead atoms. The lowest BCUT2D eigenvalue weighted by atomic mass is 10.1. The third kappa shape index (κ3) is 2.27. The summed E-state index contributed by atoms with van der Waals surface area (Å²) in [4.78, 5) is 4.42. The molecule has 3 rings (SSSR count). The van der Waals surface area contributed by atoms with Crippen LogP contribution in [-0.2, 0) is 0 Å². The third-order valence-corrected chi connectivity index (χ3v) is 3.35. The SMILES string of the molecule is Cc1ccc(-c2ccc(Cl)cc2)n1-c1ccccn1. The van der Waals surface area contributed by atoms with E-state index in [0.717, 1.165) is 27.8 Å². The van der Waals surface area contributed by atoms with Gasteiger partial charge in [0, 0.05) is 16.9 Å². The highest BCUT2D eigenvalue weighted by atomic mass is 35.5. The maximum atomic E-state index is 5.94. The number of hydrogen-bond acceptors (Lipinski definition) is 1. The summed E-state index contributed by atoms with van der Waals surface area (Å²) in [6.07, 6.45) is 1.81. The Kier molecular flexibility index (Phi) is 3.10. The maximum absolute atomic E-state index is 5.94. The van der Waals surface area contributed by atoms with Crippen LogP contribution in [0.25, 0.3) is 17.1 Å². The van der Waals surface area contributed by atoms with Gasteiger partial charge in [-0.25, -0.2) is 4.98 Å². The van der Waals surface area contributed by atoms with E-state index in [1.54, 1.807) is 6.20 Å². The smallest absolute Gasteiger partial charge is 0.137 e. The Bertz CT molecular complexity index is 685. The van der Waals surface area contributed by atoms with E-state index in [2.05, 4.69) is 28.6 Å². The second kappa shape index (κ2) is 4.90. The van der Waals surface area contributed by atoms with E-state index in [-0.39, 0.29) is 0 Å². The predicted octanol–water partition coefficient (Wildman–Crippen LogP) is 4.50. The lowest BCUT2D eigenvalue weighted by Gasteiger charge is -2.10. The lowest BCUT2D eigenvalue weighted by Crippen LogP contribution is -2.00. The summed E-state index contributed by atoms with van der Waals surface area (Å²) in [6, 6.07) is 18.0. The molecular formula is C16H13ClN2. The number of rotatable bonds is 2. The zero-order chi connectivity index (χ0) is 13.2. The number of pyridine rings is 1. The summed E-state index contributed by atoms with van der Waals surface area (Å²) in [5.41, 5.74) is 3.40. The largest absolute Gasteiger partial charge is 0.299 e. The van der Waals surface area contributed by atoms with Crippen LogP contribution >= 0.6 is 11.6 Å². The van der Waals surface area contributed by atoms with Crippen molar-refractivity contribution in [1.82, 2.24) is 9.55 Å². The monoisotopic (exact) mass is 268 g/mol. The molecule has 0 aliphatic carbocycles. The first-order chi connectivity index (χ1) is 9.25. The fraction of sp³-hybridized carbons (Fsp3) is 0.0625. The van der Waals surface area contributed by atoms with Crippen LogP contribution in [0.4, 0.5) is 0 Å². The van der Waals surface area contributed by atoms with Crippen molar-refractivity contribution >= 4 is 11.6 Å². The Morgan fingerprint density at radius 2 is 1.74 bits per heavy atom. The van der Waals surface area contributed by atoms with Crippen molar-refractivity contribution in [3.8, 4) is 17.1 Å². The Balaban J connectivity index is 2.16. The fourth-order valence-electron chi connectivity index (χ4n) is 2.17. The van der Waals surface area contributed by atoms with Gasteiger partial charge in [-0.1, -0.05) is 29.8 Å². The molecule has 0 amide bonds. The van der Waals surface area contributed by atoms with E-state index < -0.39 is 0 Å². The number of aromatic nitrogens is 2. The molecule has 94 valence electrons. The van der Waals surface area contributed by atoms with Gasteiger partial charge in [-0.3, -0.25) is 4.57 Å². The molecule has 2 aromatic heterocycles. The number of halogens is 1. The van der Waals surface area contributed by atoms with Crippen LogP contribution in [0.5, 0.6) is 0 Å². The highest BCUT2D eigenvalue weighted by Crippen LogP contribution is 2.26. The molecule has 0 aliphatic rings. The molecule has 0 fully saturated rings. The Morgan fingerprint density at radius 1 is 0.947 bits per heavy atom. The Morgan fingerprint density at radius 3 is 2.42 bits per heavy atom. The highest BCUT2D eigenvalue weighted by molar-refractivity contribution is 6.30. The third-order valence-electron chi connectivity index (χ3n) is 3.09. The van der Waals surface area contributed by atoms with Crippen molar-refractivity contribution in [3.63, 3.8) is 0 Å². The Labute approximate surface area is 117 Å². The topological polar surface area (TPSA) is 17.8 Å². The second-order valence-corrected chi connectivity index (χ2v) is 4.83. The molecule has 0 atom stereocenters. The molecule has 0 aliphatic heterocycles. The number of benzene rings is 1. The van der Waals surface area contributed by atoms with E-state index in [1.165, 1.54) is 0 Å². The van der Waals surface area contributed by atoms with Crippen LogP contribution in [0, 0.1) is 6.92 Å². The molecule has 3 aromatic rings. The normalized spacial score (nSPS) is 10.6. The minimum atomic E-state index is 0.747. The molecule has 1 aromatic carbocycles. The van der Waals surface area contributed by atoms with Crippen molar-refractivity contribution in [2.45, 2.75) is 6.92 Å². The number of aryl methyl sites for hydroxylation is 1. The van der Waals surface area contributed by atoms with Gasteiger partial charge < -0.3 is 0 Å². The molecule has 2 nitrogen and oxygen atoms in total. The lowest BCUT2D eigenvalue weighted by molar-refractivity contribution is 0.969. The van der Waals surface area contributed by atoms with Gasteiger partial charge in [0.25, 0.3) is 0 Å². The zero-order valence-electron chi connectivity index (χ0n) is 10.5. The minimum absolute atomic E-state index is 0.747. The van der Waals surface area contributed by atoms with Crippen molar-refractivity contribution in [3.05, 3.63) is 71.5 Å². The molecule has 0 saturated heterocycles. The highest BCUT2D eigenvalue weighted by Gasteiger charge is 2.09. The summed E-state index contributed by atoms with van der Waals surface area (Å²) in [5, 5.41) is 0.747. The van der Waals surface area contributed by atoms with E-state index in [0.29, 0.717) is 0 Å². The van der Waals surface area contributed by atoms with Crippen molar-refractivity contribution in [2.75, 3.05) is 0 Å². The first kappa shape index (κ1) is 12.0. The number of nitrogens with zero attached hydrogens (tertiary/aromatic N) is 2. The van der Waals surface area contributed by atoms with Crippen LogP contribution in [0.3, 0.4) is 0 Å². The van der Waals surface area contributed by atoms with E-state index in [4.69, 9.17) is 11.6 Å². The summed E-state index contributed by atoms with van der Waals surface area (Å²) >= 11 is 5.94. The first-order valence-corrected chi connectivity index (χ1v) is 6.49. The van der Waals surface area contributed by atoms with Gasteiger partial charge in [0.2, 0.25) is 0 Å². The summed E-state index contributed by atoms with van der Waals surface area (Å²) in [7, 11) is 0. The van der Waals surface area contributed by atoms with Crippen molar-refractivity contribution < 1.29 is 0 Å². The molecule has 2 heterocycles. The Hall–Kier alpha value is -2.06. The van der Waals surface area contributed by atoms with Crippen molar-refractivity contribution in [2.24, 2.45) is 0 Å². The summed E-state index contributed by atoms with van der Waals surface area (Å²) in [6.45, 7) is 2.08. The van der Waals surface area contributed by atoms with E-state index >= 15 is 0 Å². The maximum Gasteiger partial charge on any atom is 0.137 e. The van der Waals surface area contributed by atoms with E-state index in [9.17, 15) is 0 Å². The van der Waals surface area contributed by atoms with Gasteiger partial charge in [0.1, 0.15) is 5.82 Å². The molecule has 0 unspecified atom stereocenters. The zero-order valence-corrected chi connectivity index (χ0v) is 11.3. The standard InChI is InChI=1S/C16H13ClN2/c1-12-5-10-15(13-6-8-14(17)9-7-13)19(12)16-4-2-3-11-18-16/h2-11H,1H3. The predicted molar refractivity (Wildman–Crippen MR) is 78.7 cm³/mol. The van der Waals surface area contributed by atoms with E-state index in [1.807, 2.05) is 42.5 Å². The average Bonchev–Trinajstić information content (AvgIpc) is 2.82. The van der Waals surface area contributed by atoms with Crippen LogP contribution in [0.15, 0.2) is 60.8 Å². The minimum Gasteiger partial charge on any atom is -0.299 e. The van der Waals surface area contributed by atoms with Gasteiger partial charge in [0.05, 0.1) is 5.69 Å². The van der Waals surface area contributed by atoms with Gasteiger partial charge in [-0.15, -0.1) is 0 Å². The summed E-state index contributed by atoms with van der Waals surface area (Å²) < 4.78 is 2.14. The molecule has 0 N–H and O–H groups in total. The molecule has 3 heteroatoms. The quantitative estimate of drug-likeness (QED) is 0.669. The van der Waals surface area contributed by atoms with Crippen LogP contribution in [-0.4, -0.2) is 9.55 Å². The van der Waals surface area contributed by atoms with Crippen LogP contribution in [0.2, 0.25) is 5.02 Å². The fourth-order valence-corrected chi connectivity index (χ4v) is 2.30. The van der Waals surface area contributed by atoms with Gasteiger partial charge in [-0.2, -0.15) is 0 Å². The molecular weight excluding hydrogens is 256 g/mol. The molecule has 0 spiro atoms. The molecule has 0 radical (unpaired) electrons. The van der Waals surface area contributed by atoms with Gasteiger partial charge in [0.15, 0.2) is 0 Å². The molecule has 19 heavy (non-hydrogen) atoms.